The third-order valence-electron chi connectivity index (χ3n) is 1.43. The van der Waals surface area contributed by atoms with E-state index in [1.165, 1.54) is 6.20 Å². The van der Waals surface area contributed by atoms with Crippen LogP contribution in [0.2, 0.25) is 0 Å². The third-order valence-corrected chi connectivity index (χ3v) is 1.43. The molecule has 0 aromatic rings. The van der Waals surface area contributed by atoms with Crippen LogP contribution in [0.5, 0.6) is 0 Å². The quantitative estimate of drug-likeness (QED) is 0.559. The molecule has 0 amide bonds. The summed E-state index contributed by atoms with van der Waals surface area (Å²) < 4.78 is 0. The Kier molecular flexibility index (Phi) is 2.74. The van der Waals surface area contributed by atoms with E-state index in [2.05, 4.69) is 21.6 Å². The van der Waals surface area contributed by atoms with Crippen LogP contribution < -0.4 is 0 Å². The second kappa shape index (κ2) is 3.80. The average molecular weight is 164 g/mol. The zero-order valence-electron chi connectivity index (χ0n) is 7.36. The van der Waals surface area contributed by atoms with Gasteiger partial charge in [-0.2, -0.15) is 0 Å². The molecule has 1 rings (SSSR count). The fraction of sp³-hybridized carbons (Fsp3) is 0.375. The molecule has 4 heteroatoms. The van der Waals surface area contributed by atoms with Crippen LogP contribution in [0, 0.1) is 0 Å². The van der Waals surface area contributed by atoms with Crippen molar-refractivity contribution in [2.75, 3.05) is 13.7 Å². The van der Waals surface area contributed by atoms with Crippen LogP contribution in [-0.2, 0) is 0 Å². The summed E-state index contributed by atoms with van der Waals surface area (Å²) in [7, 11) is 1.92. The number of amidine groups is 1. The first-order valence-corrected chi connectivity index (χ1v) is 3.68. The van der Waals surface area contributed by atoms with Gasteiger partial charge in [-0.15, -0.1) is 0 Å². The molecule has 0 N–H and O–H groups in total. The van der Waals surface area contributed by atoms with Crippen molar-refractivity contribution in [2.24, 2.45) is 15.0 Å². The van der Waals surface area contributed by atoms with Gasteiger partial charge in [0.15, 0.2) is 5.84 Å². The van der Waals surface area contributed by atoms with Crippen molar-refractivity contribution >= 4 is 17.9 Å². The minimum absolute atomic E-state index is 0.642. The second-order valence-corrected chi connectivity index (χ2v) is 2.52. The van der Waals surface area contributed by atoms with E-state index in [1.807, 2.05) is 18.9 Å². The Morgan fingerprint density at radius 1 is 1.83 bits per heavy atom. The van der Waals surface area contributed by atoms with Crippen LogP contribution in [-0.4, -0.2) is 36.5 Å². The Bertz CT molecular complexity index is 262. The van der Waals surface area contributed by atoms with E-state index < -0.39 is 0 Å². The molecule has 0 atom stereocenters. The lowest BCUT2D eigenvalue weighted by atomic mass is 10.4. The molecule has 0 spiro atoms. The Labute approximate surface area is 72.0 Å². The van der Waals surface area contributed by atoms with Gasteiger partial charge in [-0.05, 0) is 6.92 Å². The highest BCUT2D eigenvalue weighted by molar-refractivity contribution is 6.42. The molecule has 4 nitrogen and oxygen atoms in total. The van der Waals surface area contributed by atoms with E-state index in [4.69, 9.17) is 0 Å². The Balaban J connectivity index is 2.73. The Hall–Kier alpha value is -1.45. The van der Waals surface area contributed by atoms with Gasteiger partial charge < -0.3 is 4.90 Å². The molecule has 1 aliphatic heterocycles. The number of rotatable bonds is 2. The maximum atomic E-state index is 4.20. The fourth-order valence-electron chi connectivity index (χ4n) is 0.812. The van der Waals surface area contributed by atoms with Crippen molar-refractivity contribution < 1.29 is 0 Å². The normalized spacial score (nSPS) is 17.7. The smallest absolute Gasteiger partial charge is 0.172 e. The molecule has 0 radical (unpaired) electrons. The standard InChI is InChI=1S/C8H12N4/c1-4-9-7(2)8-10-5-12(3)6-11-8/h4-5H,1,6H2,2-3H3. The molecule has 0 aliphatic carbocycles. The van der Waals surface area contributed by atoms with Crippen LogP contribution in [0.15, 0.2) is 27.8 Å². The Morgan fingerprint density at radius 3 is 3.08 bits per heavy atom. The van der Waals surface area contributed by atoms with Gasteiger partial charge in [0, 0.05) is 13.2 Å². The van der Waals surface area contributed by atoms with E-state index in [1.54, 1.807) is 6.34 Å². The SMILES string of the molecule is C=CN=C(C)C1=NCN(C)C=N1. The summed E-state index contributed by atoms with van der Waals surface area (Å²) in [6.07, 6.45) is 3.23. The summed E-state index contributed by atoms with van der Waals surface area (Å²) in [4.78, 5) is 14.2. The molecular formula is C8H12N4. The molecule has 0 saturated carbocycles. The Morgan fingerprint density at radius 2 is 2.58 bits per heavy atom. The summed E-state index contributed by atoms with van der Waals surface area (Å²) in [6.45, 7) is 6.01. The van der Waals surface area contributed by atoms with Gasteiger partial charge in [-0.1, -0.05) is 6.58 Å². The predicted molar refractivity (Wildman–Crippen MR) is 51.9 cm³/mol. The largest absolute Gasteiger partial charge is 0.346 e. The number of hydrogen-bond acceptors (Lipinski definition) is 4. The lowest BCUT2D eigenvalue weighted by molar-refractivity contribution is 0.533. The molecule has 0 bridgehead atoms. The molecule has 0 unspecified atom stereocenters. The summed E-state index contributed by atoms with van der Waals surface area (Å²) in [5, 5.41) is 0. The maximum Gasteiger partial charge on any atom is 0.172 e. The van der Waals surface area contributed by atoms with Crippen molar-refractivity contribution in [1.29, 1.82) is 0 Å². The topological polar surface area (TPSA) is 40.3 Å². The summed E-state index contributed by atoms with van der Waals surface area (Å²) >= 11 is 0. The highest BCUT2D eigenvalue weighted by Crippen LogP contribution is 1.95. The molecule has 0 aromatic carbocycles. The molecule has 64 valence electrons. The van der Waals surface area contributed by atoms with Gasteiger partial charge in [0.1, 0.15) is 6.67 Å². The molecule has 0 aromatic heterocycles. The highest BCUT2D eigenvalue weighted by Gasteiger charge is 2.05. The molecule has 12 heavy (non-hydrogen) atoms. The first-order chi connectivity index (χ1) is 5.74. The lowest BCUT2D eigenvalue weighted by Gasteiger charge is -2.14. The van der Waals surface area contributed by atoms with E-state index in [0.29, 0.717) is 12.5 Å². The van der Waals surface area contributed by atoms with Crippen LogP contribution in [0.3, 0.4) is 0 Å². The van der Waals surface area contributed by atoms with Crippen LogP contribution >= 0.6 is 0 Å². The fourth-order valence-corrected chi connectivity index (χ4v) is 0.812. The maximum absolute atomic E-state index is 4.20. The third kappa shape index (κ3) is 2.02. The average Bonchev–Trinajstić information content (AvgIpc) is 2.06. The summed E-state index contributed by atoms with van der Waals surface area (Å²) in [5.74, 6) is 0.688. The lowest BCUT2D eigenvalue weighted by Crippen LogP contribution is -2.24. The first-order valence-electron chi connectivity index (χ1n) is 3.68. The van der Waals surface area contributed by atoms with Gasteiger partial charge in [0.25, 0.3) is 0 Å². The minimum Gasteiger partial charge on any atom is -0.346 e. The monoisotopic (exact) mass is 164 g/mol. The highest BCUT2D eigenvalue weighted by atomic mass is 15.2. The van der Waals surface area contributed by atoms with Crippen molar-refractivity contribution in [3.8, 4) is 0 Å². The van der Waals surface area contributed by atoms with Crippen molar-refractivity contribution in [2.45, 2.75) is 6.92 Å². The number of aliphatic imine (C=N–C) groups is 3. The zero-order chi connectivity index (χ0) is 8.97. The van der Waals surface area contributed by atoms with E-state index >= 15 is 0 Å². The van der Waals surface area contributed by atoms with Crippen LogP contribution in [0.25, 0.3) is 0 Å². The van der Waals surface area contributed by atoms with Crippen LogP contribution in [0.4, 0.5) is 0 Å². The molecule has 0 saturated heterocycles. The van der Waals surface area contributed by atoms with Gasteiger partial charge in [0.05, 0.1) is 12.1 Å². The molecular weight excluding hydrogens is 152 g/mol. The van der Waals surface area contributed by atoms with Gasteiger partial charge in [-0.25, -0.2) is 9.98 Å². The summed E-state index contributed by atoms with van der Waals surface area (Å²) in [5.41, 5.74) is 0.800. The van der Waals surface area contributed by atoms with Crippen molar-refractivity contribution in [3.63, 3.8) is 0 Å². The van der Waals surface area contributed by atoms with Crippen LogP contribution in [0.1, 0.15) is 6.92 Å². The van der Waals surface area contributed by atoms with Gasteiger partial charge in [-0.3, -0.25) is 4.99 Å². The molecule has 1 heterocycles. The second-order valence-electron chi connectivity index (χ2n) is 2.52. The summed E-state index contributed by atoms with van der Waals surface area (Å²) in [6, 6.07) is 0. The first kappa shape index (κ1) is 8.64. The zero-order valence-corrected chi connectivity index (χ0v) is 7.36. The number of hydrogen-bond donors (Lipinski definition) is 0. The van der Waals surface area contributed by atoms with E-state index in [9.17, 15) is 0 Å². The van der Waals surface area contributed by atoms with E-state index in [0.717, 1.165) is 5.71 Å². The predicted octanol–water partition coefficient (Wildman–Crippen LogP) is 0.920. The number of nitrogens with zero attached hydrogens (tertiary/aromatic N) is 4. The van der Waals surface area contributed by atoms with Gasteiger partial charge >= 0.3 is 0 Å². The van der Waals surface area contributed by atoms with Crippen molar-refractivity contribution in [1.82, 2.24) is 4.90 Å². The molecule has 1 aliphatic rings. The van der Waals surface area contributed by atoms with E-state index in [-0.39, 0.29) is 0 Å². The van der Waals surface area contributed by atoms with Gasteiger partial charge in [0.2, 0.25) is 0 Å². The minimum atomic E-state index is 0.642. The van der Waals surface area contributed by atoms with Crippen molar-refractivity contribution in [3.05, 3.63) is 12.8 Å². The molecule has 0 fully saturated rings.